The lowest BCUT2D eigenvalue weighted by molar-refractivity contribution is 0.381. The molecule has 1 aliphatic rings. The summed E-state index contributed by atoms with van der Waals surface area (Å²) in [4.78, 5) is 0. The minimum Gasteiger partial charge on any atom is -0.482 e. The second kappa shape index (κ2) is 6.41. The third-order valence-electron chi connectivity index (χ3n) is 2.65. The Labute approximate surface area is 112 Å². The van der Waals surface area contributed by atoms with E-state index in [1.807, 2.05) is 29.6 Å². The van der Waals surface area contributed by atoms with Gasteiger partial charge in [-0.1, -0.05) is 19.6 Å². The molecule has 0 amide bonds. The number of benzene rings is 1. The van der Waals surface area contributed by atoms with Crippen LogP contribution in [-0.2, 0) is 11.5 Å². The van der Waals surface area contributed by atoms with Crippen LogP contribution >= 0.6 is 23.5 Å². The Kier molecular flexibility index (Phi) is 4.86. The van der Waals surface area contributed by atoms with E-state index < -0.39 is 0 Å². The minimum atomic E-state index is 0.784. The van der Waals surface area contributed by atoms with Crippen LogP contribution in [0.1, 0.15) is 30.0 Å². The zero-order valence-electron chi connectivity index (χ0n) is 10.2. The van der Waals surface area contributed by atoms with Crippen molar-refractivity contribution in [3.05, 3.63) is 35.4 Å². The fraction of sp³-hybridized carbons (Fsp3) is 0.429. The van der Waals surface area contributed by atoms with Crippen LogP contribution in [0.3, 0.4) is 0 Å². The second-order valence-electron chi connectivity index (χ2n) is 4.04. The Morgan fingerprint density at radius 3 is 3.18 bits per heavy atom. The van der Waals surface area contributed by atoms with Crippen LogP contribution in [0.5, 0.6) is 5.75 Å². The van der Waals surface area contributed by atoms with Crippen molar-refractivity contribution in [2.24, 2.45) is 0 Å². The van der Waals surface area contributed by atoms with E-state index in [9.17, 15) is 0 Å². The third kappa shape index (κ3) is 3.23. The molecular formula is C14H18OS2. The van der Waals surface area contributed by atoms with Crippen molar-refractivity contribution in [1.29, 1.82) is 0 Å². The molecule has 0 saturated carbocycles. The van der Waals surface area contributed by atoms with Crippen LogP contribution in [-0.4, -0.2) is 11.7 Å². The van der Waals surface area contributed by atoms with Gasteiger partial charge in [-0.05, 0) is 29.9 Å². The summed E-state index contributed by atoms with van der Waals surface area (Å²) in [6.45, 7) is 6.08. The molecule has 1 aromatic carbocycles. The molecule has 0 N–H and O–H groups in total. The first-order chi connectivity index (χ1) is 8.35. The van der Waals surface area contributed by atoms with Crippen molar-refractivity contribution in [2.75, 3.05) is 11.7 Å². The zero-order chi connectivity index (χ0) is 12.1. The normalized spacial score (nSPS) is 13.9. The molecule has 1 aliphatic heterocycles. The lowest BCUT2D eigenvalue weighted by Crippen LogP contribution is -2.06. The summed E-state index contributed by atoms with van der Waals surface area (Å²) in [5.41, 5.74) is 3.86. The Hall–Kier alpha value is -0.540. The van der Waals surface area contributed by atoms with Crippen LogP contribution in [0.4, 0.5) is 0 Å². The number of rotatable bonds is 5. The highest BCUT2D eigenvalue weighted by molar-refractivity contribution is 7.98. The molecule has 2 rings (SSSR count). The number of ether oxygens (including phenoxy) is 1. The van der Waals surface area contributed by atoms with E-state index in [2.05, 4.69) is 25.6 Å². The van der Waals surface area contributed by atoms with E-state index >= 15 is 0 Å². The monoisotopic (exact) mass is 266 g/mol. The summed E-state index contributed by atoms with van der Waals surface area (Å²) in [5.74, 6) is 5.22. The Morgan fingerprint density at radius 1 is 1.53 bits per heavy atom. The molecule has 3 heteroatoms. The topological polar surface area (TPSA) is 9.23 Å². The summed E-state index contributed by atoms with van der Waals surface area (Å²) in [7, 11) is 0. The van der Waals surface area contributed by atoms with Crippen LogP contribution < -0.4 is 4.74 Å². The molecule has 0 aliphatic carbocycles. The van der Waals surface area contributed by atoms with Gasteiger partial charge in [0.05, 0.1) is 0 Å². The van der Waals surface area contributed by atoms with Gasteiger partial charge in [0.15, 0.2) is 0 Å². The van der Waals surface area contributed by atoms with Crippen molar-refractivity contribution < 1.29 is 4.74 Å². The first-order valence-electron chi connectivity index (χ1n) is 5.91. The van der Waals surface area contributed by atoms with Crippen molar-refractivity contribution in [3.8, 4) is 5.75 Å². The number of hydrogen-bond acceptors (Lipinski definition) is 3. The van der Waals surface area contributed by atoms with Gasteiger partial charge in [0.25, 0.3) is 0 Å². The fourth-order valence-electron chi connectivity index (χ4n) is 1.88. The van der Waals surface area contributed by atoms with Gasteiger partial charge >= 0.3 is 0 Å². The fourth-order valence-corrected chi connectivity index (χ4v) is 3.46. The van der Waals surface area contributed by atoms with Gasteiger partial charge < -0.3 is 4.74 Å². The standard InChI is InChI=1S/C14H18OS2/c1-3-5-16-8-12-6-11(4-2)7-13-9-17-10-15-14(12)13/h4,6-7H,2-3,5,8-10H2,1H3. The lowest BCUT2D eigenvalue weighted by Gasteiger charge is -2.21. The van der Waals surface area contributed by atoms with Gasteiger partial charge in [0.2, 0.25) is 0 Å². The molecule has 0 saturated heterocycles. The molecular weight excluding hydrogens is 248 g/mol. The SMILES string of the molecule is C=Cc1cc(CSCCC)c2c(c1)CSCO2. The Bertz CT molecular complexity index is 401. The van der Waals surface area contributed by atoms with E-state index in [1.54, 1.807) is 0 Å². The van der Waals surface area contributed by atoms with Crippen molar-refractivity contribution in [3.63, 3.8) is 0 Å². The van der Waals surface area contributed by atoms with Crippen LogP contribution in [0, 0.1) is 0 Å². The molecule has 0 unspecified atom stereocenters. The Morgan fingerprint density at radius 2 is 2.41 bits per heavy atom. The number of fused-ring (bicyclic) bond motifs is 1. The highest BCUT2D eigenvalue weighted by atomic mass is 32.2. The van der Waals surface area contributed by atoms with Gasteiger partial charge in [-0.2, -0.15) is 11.8 Å². The zero-order valence-corrected chi connectivity index (χ0v) is 11.8. The van der Waals surface area contributed by atoms with Gasteiger partial charge in [-0.25, -0.2) is 0 Å². The maximum Gasteiger partial charge on any atom is 0.134 e. The first kappa shape index (κ1) is 12.9. The number of hydrogen-bond donors (Lipinski definition) is 0. The van der Waals surface area contributed by atoms with E-state index in [1.165, 1.54) is 28.9 Å². The lowest BCUT2D eigenvalue weighted by atomic mass is 10.1. The number of thioether (sulfide) groups is 2. The summed E-state index contributed by atoms with van der Waals surface area (Å²) < 4.78 is 5.80. The third-order valence-corrected chi connectivity index (χ3v) is 4.66. The molecule has 1 nitrogen and oxygen atoms in total. The van der Waals surface area contributed by atoms with Crippen molar-refractivity contribution in [2.45, 2.75) is 24.9 Å². The molecule has 0 aromatic heterocycles. The highest BCUT2D eigenvalue weighted by Crippen LogP contribution is 2.36. The molecule has 1 aromatic rings. The molecule has 0 fully saturated rings. The first-order valence-corrected chi connectivity index (χ1v) is 8.22. The summed E-state index contributed by atoms with van der Waals surface area (Å²) in [5, 5.41) is 0. The van der Waals surface area contributed by atoms with E-state index in [-0.39, 0.29) is 0 Å². The summed E-state index contributed by atoms with van der Waals surface area (Å²) in [6, 6.07) is 4.41. The average Bonchev–Trinajstić information content (AvgIpc) is 2.38. The van der Waals surface area contributed by atoms with Gasteiger partial charge in [0.1, 0.15) is 11.7 Å². The largest absolute Gasteiger partial charge is 0.482 e. The maximum absolute atomic E-state index is 5.80. The van der Waals surface area contributed by atoms with Gasteiger partial charge in [-0.3, -0.25) is 0 Å². The van der Waals surface area contributed by atoms with E-state index in [0.29, 0.717) is 0 Å². The van der Waals surface area contributed by atoms with Crippen LogP contribution in [0.25, 0.3) is 6.08 Å². The van der Waals surface area contributed by atoms with Gasteiger partial charge in [0, 0.05) is 22.6 Å². The molecule has 0 spiro atoms. The quantitative estimate of drug-likeness (QED) is 0.723. The highest BCUT2D eigenvalue weighted by Gasteiger charge is 2.15. The van der Waals surface area contributed by atoms with E-state index in [4.69, 9.17) is 4.74 Å². The predicted octanol–water partition coefficient (Wildman–Crippen LogP) is 4.56. The van der Waals surface area contributed by atoms with Crippen molar-refractivity contribution >= 4 is 29.6 Å². The second-order valence-corrected chi connectivity index (χ2v) is 6.07. The van der Waals surface area contributed by atoms with Gasteiger partial charge in [-0.15, -0.1) is 11.8 Å². The Balaban J connectivity index is 2.24. The van der Waals surface area contributed by atoms with E-state index in [0.717, 1.165) is 23.2 Å². The van der Waals surface area contributed by atoms with Crippen molar-refractivity contribution in [1.82, 2.24) is 0 Å². The predicted molar refractivity (Wildman–Crippen MR) is 79.8 cm³/mol. The molecule has 92 valence electrons. The molecule has 0 atom stereocenters. The van der Waals surface area contributed by atoms with Crippen LogP contribution in [0.2, 0.25) is 0 Å². The summed E-state index contributed by atoms with van der Waals surface area (Å²) >= 11 is 3.81. The minimum absolute atomic E-state index is 0.784. The smallest absolute Gasteiger partial charge is 0.134 e. The molecule has 17 heavy (non-hydrogen) atoms. The molecule has 1 heterocycles. The molecule has 0 radical (unpaired) electrons. The molecule has 0 bridgehead atoms. The maximum atomic E-state index is 5.80. The van der Waals surface area contributed by atoms with Crippen LogP contribution in [0.15, 0.2) is 18.7 Å². The summed E-state index contributed by atoms with van der Waals surface area (Å²) in [6.07, 6.45) is 3.15. The average molecular weight is 266 g/mol.